The highest BCUT2D eigenvalue weighted by Gasteiger charge is 2.35. The fourth-order valence-electron chi connectivity index (χ4n) is 3.81. The van der Waals surface area contributed by atoms with Gasteiger partial charge in [-0.2, -0.15) is 13.2 Å². The number of nitrogens with zero attached hydrogens (tertiary/aromatic N) is 1. The topological polar surface area (TPSA) is 145 Å². The molecule has 214 valence electrons. The second kappa shape index (κ2) is 13.9. The van der Waals surface area contributed by atoms with E-state index in [-0.39, 0.29) is 36.3 Å². The number of hydrogen-bond donors (Lipinski definition) is 4. The number of alkyl halides is 3. The van der Waals surface area contributed by atoms with Crippen LogP contribution in [0.3, 0.4) is 0 Å². The minimum Gasteiger partial charge on any atom is -0.392 e. The number of aliphatic hydroxyl groups is 1. The van der Waals surface area contributed by atoms with Crippen molar-refractivity contribution in [1.29, 1.82) is 0 Å². The summed E-state index contributed by atoms with van der Waals surface area (Å²) in [5.74, 6) is -3.07. The zero-order valence-corrected chi connectivity index (χ0v) is 21.9. The van der Waals surface area contributed by atoms with E-state index in [2.05, 4.69) is 16.0 Å². The van der Waals surface area contributed by atoms with Gasteiger partial charge in [-0.05, 0) is 43.4 Å². The maximum absolute atomic E-state index is 13.4. The smallest absolute Gasteiger partial charge is 0.392 e. The molecule has 0 radical (unpaired) electrons. The number of benzene rings is 1. The Morgan fingerprint density at radius 3 is 2.15 bits per heavy atom. The lowest BCUT2D eigenvalue weighted by molar-refractivity contribution is -0.138. The lowest BCUT2D eigenvalue weighted by Gasteiger charge is -2.24. The molecule has 0 saturated carbocycles. The summed E-state index contributed by atoms with van der Waals surface area (Å²) in [6.07, 6.45) is -0.744. The van der Waals surface area contributed by atoms with E-state index in [1.807, 2.05) is 0 Å². The molecule has 1 aromatic carbocycles. The number of imide groups is 1. The number of carbonyl (C=O) groups is 5. The second-order valence-electron chi connectivity index (χ2n) is 9.52. The van der Waals surface area contributed by atoms with Crippen molar-refractivity contribution >= 4 is 35.2 Å². The Hall–Kier alpha value is -3.74. The van der Waals surface area contributed by atoms with Gasteiger partial charge in [-0.1, -0.05) is 26.3 Å². The van der Waals surface area contributed by atoms with Gasteiger partial charge in [0.25, 0.3) is 11.8 Å². The molecule has 5 amide bonds. The Bertz CT molecular complexity index is 1100. The summed E-state index contributed by atoms with van der Waals surface area (Å²) in [6, 6.07) is 0.774. The molecule has 1 aliphatic heterocycles. The van der Waals surface area contributed by atoms with E-state index in [0.29, 0.717) is 19.3 Å². The molecule has 10 nitrogen and oxygen atoms in total. The van der Waals surface area contributed by atoms with Gasteiger partial charge in [0.05, 0.1) is 17.9 Å². The van der Waals surface area contributed by atoms with Crippen molar-refractivity contribution in [2.45, 2.75) is 71.3 Å². The summed E-state index contributed by atoms with van der Waals surface area (Å²) in [4.78, 5) is 61.9. The number of nitrogens with one attached hydrogen (secondary N) is 3. The first-order chi connectivity index (χ1) is 18.2. The van der Waals surface area contributed by atoms with Crippen molar-refractivity contribution < 1.29 is 42.3 Å². The number of halogens is 3. The van der Waals surface area contributed by atoms with Gasteiger partial charge in [0.15, 0.2) is 0 Å². The van der Waals surface area contributed by atoms with Gasteiger partial charge in [0.2, 0.25) is 17.7 Å². The van der Waals surface area contributed by atoms with Crippen LogP contribution in [0.1, 0.15) is 57.6 Å². The van der Waals surface area contributed by atoms with Crippen LogP contribution >= 0.6 is 0 Å². The van der Waals surface area contributed by atoms with Crippen LogP contribution in [0.2, 0.25) is 0 Å². The van der Waals surface area contributed by atoms with Crippen molar-refractivity contribution in [1.82, 2.24) is 15.5 Å². The van der Waals surface area contributed by atoms with E-state index in [0.717, 1.165) is 17.0 Å². The van der Waals surface area contributed by atoms with Crippen molar-refractivity contribution in [2.24, 2.45) is 5.92 Å². The first-order valence-corrected chi connectivity index (χ1v) is 12.5. The number of unbranched alkanes of at least 4 members (excludes halogenated alkanes) is 2. The predicted molar refractivity (Wildman–Crippen MR) is 135 cm³/mol. The molecular formula is C26H33F3N4O6. The average Bonchev–Trinajstić information content (AvgIpc) is 3.18. The fraction of sp³-hybridized carbons (Fsp3) is 0.500. The minimum absolute atomic E-state index is 0.0197. The number of carbonyl (C=O) groups excluding carboxylic acids is 5. The van der Waals surface area contributed by atoms with E-state index in [9.17, 15) is 37.1 Å². The molecule has 2 rings (SSSR count). The third kappa shape index (κ3) is 9.20. The van der Waals surface area contributed by atoms with Gasteiger partial charge in [-0.3, -0.25) is 28.9 Å². The summed E-state index contributed by atoms with van der Waals surface area (Å²) < 4.78 is 40.2. The molecular weight excluding hydrogens is 521 g/mol. The number of amides is 5. The van der Waals surface area contributed by atoms with Gasteiger partial charge in [0.1, 0.15) is 12.1 Å². The number of rotatable bonds is 13. The molecule has 0 saturated heterocycles. The molecule has 13 heteroatoms. The minimum atomic E-state index is -4.78. The first kappa shape index (κ1) is 31.5. The Balaban J connectivity index is 1.87. The maximum Gasteiger partial charge on any atom is 0.418 e. The Kier molecular flexibility index (Phi) is 11.2. The molecule has 0 aromatic heterocycles. The summed E-state index contributed by atoms with van der Waals surface area (Å²) in [7, 11) is 0. The lowest BCUT2D eigenvalue weighted by Crippen LogP contribution is -2.53. The Morgan fingerprint density at radius 1 is 0.949 bits per heavy atom. The normalized spacial score (nSPS) is 14.9. The first-order valence-electron chi connectivity index (χ1n) is 12.5. The Labute approximate surface area is 224 Å². The van der Waals surface area contributed by atoms with E-state index in [4.69, 9.17) is 5.11 Å². The molecule has 1 heterocycles. The summed E-state index contributed by atoms with van der Waals surface area (Å²) in [6.45, 7) is 4.31. The second-order valence-corrected chi connectivity index (χ2v) is 9.52. The SMILES string of the molecule is CC(C)[C@H](NC(=O)CCCCCN1C(=O)C=CC1=O)C(=O)N[C@@H](C)C(=O)Nc1ccc(CO)cc1C(F)(F)F. The van der Waals surface area contributed by atoms with Gasteiger partial charge >= 0.3 is 6.18 Å². The molecule has 0 unspecified atom stereocenters. The van der Waals surface area contributed by atoms with E-state index >= 15 is 0 Å². The molecule has 39 heavy (non-hydrogen) atoms. The van der Waals surface area contributed by atoms with Gasteiger partial charge in [0, 0.05) is 25.1 Å². The van der Waals surface area contributed by atoms with Crippen LogP contribution in [0, 0.1) is 5.92 Å². The van der Waals surface area contributed by atoms with E-state index < -0.39 is 53.8 Å². The van der Waals surface area contributed by atoms with Crippen LogP contribution in [0.4, 0.5) is 18.9 Å². The number of anilines is 1. The zero-order valence-electron chi connectivity index (χ0n) is 21.9. The highest BCUT2D eigenvalue weighted by molar-refractivity contribution is 6.12. The third-order valence-electron chi connectivity index (χ3n) is 6.03. The van der Waals surface area contributed by atoms with Crippen molar-refractivity contribution in [2.75, 3.05) is 11.9 Å². The average molecular weight is 555 g/mol. The monoisotopic (exact) mass is 554 g/mol. The van der Waals surface area contributed by atoms with Crippen molar-refractivity contribution in [3.63, 3.8) is 0 Å². The summed E-state index contributed by atoms with van der Waals surface area (Å²) in [5.41, 5.74) is -1.64. The summed E-state index contributed by atoms with van der Waals surface area (Å²) in [5, 5.41) is 16.3. The molecule has 1 aliphatic rings. The molecule has 4 N–H and O–H groups in total. The van der Waals surface area contributed by atoms with Crippen molar-refractivity contribution in [3.05, 3.63) is 41.5 Å². The molecule has 0 bridgehead atoms. The Morgan fingerprint density at radius 2 is 1.59 bits per heavy atom. The molecule has 2 atom stereocenters. The van der Waals surface area contributed by atoms with Gasteiger partial charge < -0.3 is 21.1 Å². The summed E-state index contributed by atoms with van der Waals surface area (Å²) >= 11 is 0. The number of aliphatic hydroxyl groups excluding tert-OH is 1. The van der Waals surface area contributed by atoms with Crippen LogP contribution in [-0.2, 0) is 36.8 Å². The molecule has 1 aromatic rings. The van der Waals surface area contributed by atoms with Crippen LogP contribution < -0.4 is 16.0 Å². The standard InChI is InChI=1S/C26H33F3N4O6/c1-15(2)23(32-20(35)7-5-4-6-12-33-21(36)10-11-22(33)37)25(39)30-16(3)24(38)31-19-9-8-17(14-34)13-18(19)26(27,28)29/h8-11,13,15-16,23,34H,4-7,12,14H2,1-3H3,(H,30,39)(H,31,38)(H,32,35)/t16-,23-/m0/s1. The maximum atomic E-state index is 13.4. The van der Waals surface area contributed by atoms with Crippen LogP contribution in [-0.4, -0.2) is 58.2 Å². The highest BCUT2D eigenvalue weighted by atomic mass is 19.4. The van der Waals surface area contributed by atoms with Crippen molar-refractivity contribution in [3.8, 4) is 0 Å². The van der Waals surface area contributed by atoms with Gasteiger partial charge in [-0.15, -0.1) is 0 Å². The predicted octanol–water partition coefficient (Wildman–Crippen LogP) is 2.27. The molecule has 0 spiro atoms. The lowest BCUT2D eigenvalue weighted by atomic mass is 10.0. The van der Waals surface area contributed by atoms with Gasteiger partial charge in [-0.25, -0.2) is 0 Å². The quantitative estimate of drug-likeness (QED) is 0.218. The highest BCUT2D eigenvalue weighted by Crippen LogP contribution is 2.35. The molecule has 0 aliphatic carbocycles. The van der Waals surface area contributed by atoms with Crippen LogP contribution in [0.15, 0.2) is 30.4 Å². The van der Waals surface area contributed by atoms with E-state index in [1.165, 1.54) is 25.1 Å². The van der Waals surface area contributed by atoms with Crippen LogP contribution in [0.25, 0.3) is 0 Å². The third-order valence-corrected chi connectivity index (χ3v) is 6.03. The fourth-order valence-corrected chi connectivity index (χ4v) is 3.81. The van der Waals surface area contributed by atoms with E-state index in [1.54, 1.807) is 13.8 Å². The number of hydrogen-bond acceptors (Lipinski definition) is 6. The zero-order chi connectivity index (χ0) is 29.3. The van der Waals surface area contributed by atoms with Crippen LogP contribution in [0.5, 0.6) is 0 Å². The molecule has 0 fully saturated rings. The largest absolute Gasteiger partial charge is 0.418 e.